The van der Waals surface area contributed by atoms with Crippen molar-refractivity contribution >= 4 is 47.1 Å². The lowest BCUT2D eigenvalue weighted by Gasteiger charge is -2.15. The summed E-state index contributed by atoms with van der Waals surface area (Å²) < 4.78 is 5.02. The van der Waals surface area contributed by atoms with Crippen LogP contribution in [0.25, 0.3) is 6.08 Å². The van der Waals surface area contributed by atoms with E-state index < -0.39 is 5.91 Å². The van der Waals surface area contributed by atoms with Crippen molar-refractivity contribution in [1.29, 1.82) is 0 Å². The van der Waals surface area contributed by atoms with Crippen molar-refractivity contribution in [2.75, 3.05) is 10.6 Å². The predicted octanol–water partition coefficient (Wildman–Crippen LogP) is 6.21. The van der Waals surface area contributed by atoms with E-state index in [4.69, 9.17) is 4.52 Å². The van der Waals surface area contributed by atoms with Gasteiger partial charge < -0.3 is 20.5 Å². The van der Waals surface area contributed by atoms with Crippen LogP contribution in [0.5, 0.6) is 0 Å². The first-order valence-corrected chi connectivity index (χ1v) is 13.7. The van der Waals surface area contributed by atoms with Crippen LogP contribution in [0.1, 0.15) is 40.6 Å². The van der Waals surface area contributed by atoms with E-state index in [0.29, 0.717) is 29.2 Å². The monoisotopic (exact) mass is 554 g/mol. The molecule has 4 aromatic rings. The average molecular weight is 555 g/mol. The molecular formula is C31H30N4O4S. The van der Waals surface area contributed by atoms with Crippen LogP contribution >= 0.6 is 11.8 Å². The second-order valence-corrected chi connectivity index (χ2v) is 10.3. The number of thioether (sulfide) groups is 1. The number of nitrogens with zero attached hydrogens (tertiary/aromatic N) is 1. The van der Waals surface area contributed by atoms with Gasteiger partial charge in [0.2, 0.25) is 5.91 Å². The number of nitrogens with one attached hydrogen (secondary N) is 3. The summed E-state index contributed by atoms with van der Waals surface area (Å²) in [5.74, 6) is -0.0782. The molecule has 4 rings (SSSR count). The SMILES string of the molecule is CCC(Sc1cccc(NC(=O)/C(=C/c2ccccc2C)NC(=O)c2ccccc2)c1)C(=O)Nc1cc(C)on1. The van der Waals surface area contributed by atoms with E-state index in [-0.39, 0.29) is 22.8 Å². The molecule has 0 aliphatic carbocycles. The smallest absolute Gasteiger partial charge is 0.272 e. The predicted molar refractivity (Wildman–Crippen MR) is 158 cm³/mol. The summed E-state index contributed by atoms with van der Waals surface area (Å²) in [6, 6.07) is 25.2. The van der Waals surface area contributed by atoms with Crippen LogP contribution in [0.4, 0.5) is 11.5 Å². The van der Waals surface area contributed by atoms with Crippen LogP contribution in [0.15, 0.2) is 100 Å². The molecule has 204 valence electrons. The summed E-state index contributed by atoms with van der Waals surface area (Å²) in [6.45, 7) is 5.61. The van der Waals surface area contributed by atoms with Crippen molar-refractivity contribution < 1.29 is 18.9 Å². The highest BCUT2D eigenvalue weighted by atomic mass is 32.2. The normalized spacial score (nSPS) is 11.9. The molecule has 0 aliphatic heterocycles. The molecular weight excluding hydrogens is 524 g/mol. The van der Waals surface area contributed by atoms with Gasteiger partial charge in [0.1, 0.15) is 11.5 Å². The first-order chi connectivity index (χ1) is 19.3. The number of amides is 3. The molecule has 8 nitrogen and oxygen atoms in total. The molecule has 3 aromatic carbocycles. The Morgan fingerprint density at radius 3 is 2.38 bits per heavy atom. The Morgan fingerprint density at radius 2 is 1.68 bits per heavy atom. The first kappa shape index (κ1) is 28.4. The maximum atomic E-state index is 13.4. The summed E-state index contributed by atoms with van der Waals surface area (Å²) in [4.78, 5) is 39.9. The van der Waals surface area contributed by atoms with Gasteiger partial charge in [-0.3, -0.25) is 14.4 Å². The molecule has 0 bridgehead atoms. The highest BCUT2D eigenvalue weighted by Gasteiger charge is 2.20. The van der Waals surface area contributed by atoms with E-state index in [2.05, 4.69) is 21.1 Å². The van der Waals surface area contributed by atoms with Gasteiger partial charge in [-0.25, -0.2) is 0 Å². The highest BCUT2D eigenvalue weighted by molar-refractivity contribution is 8.00. The lowest BCUT2D eigenvalue weighted by atomic mass is 10.1. The zero-order chi connectivity index (χ0) is 28.5. The summed E-state index contributed by atoms with van der Waals surface area (Å²) in [5.41, 5.74) is 2.85. The van der Waals surface area contributed by atoms with Gasteiger partial charge in [0.05, 0.1) is 5.25 Å². The summed E-state index contributed by atoms with van der Waals surface area (Å²) >= 11 is 1.38. The standard InChI is InChI=1S/C31H30N4O4S/c1-4-27(31(38)34-28-17-21(3)39-35-28)40-25-16-10-15-24(19-25)32-30(37)26(18-23-14-9-8-11-20(23)2)33-29(36)22-12-6-5-7-13-22/h5-19,27H,4H2,1-3H3,(H,32,37)(H,33,36)(H,34,35,38)/b26-18-. The van der Waals surface area contributed by atoms with E-state index in [1.54, 1.807) is 61.5 Å². The fourth-order valence-electron chi connectivity index (χ4n) is 3.81. The largest absolute Gasteiger partial charge is 0.360 e. The number of aromatic nitrogens is 1. The van der Waals surface area contributed by atoms with E-state index in [1.165, 1.54) is 11.8 Å². The van der Waals surface area contributed by atoms with Gasteiger partial charge in [-0.2, -0.15) is 0 Å². The Morgan fingerprint density at radius 1 is 0.925 bits per heavy atom. The minimum Gasteiger partial charge on any atom is -0.360 e. The van der Waals surface area contributed by atoms with Crippen molar-refractivity contribution in [3.63, 3.8) is 0 Å². The van der Waals surface area contributed by atoms with Crippen LogP contribution < -0.4 is 16.0 Å². The van der Waals surface area contributed by atoms with Gasteiger partial charge in [0.15, 0.2) is 5.82 Å². The molecule has 1 heterocycles. The highest BCUT2D eigenvalue weighted by Crippen LogP contribution is 2.29. The second kappa shape index (κ2) is 13.4. The van der Waals surface area contributed by atoms with Crippen molar-refractivity contribution in [3.05, 3.63) is 113 Å². The van der Waals surface area contributed by atoms with E-state index in [9.17, 15) is 14.4 Å². The molecule has 0 saturated heterocycles. The van der Waals surface area contributed by atoms with E-state index >= 15 is 0 Å². The van der Waals surface area contributed by atoms with Gasteiger partial charge in [0.25, 0.3) is 11.8 Å². The fourth-order valence-corrected chi connectivity index (χ4v) is 4.82. The Kier molecular flexibility index (Phi) is 9.53. The molecule has 40 heavy (non-hydrogen) atoms. The van der Waals surface area contributed by atoms with Gasteiger partial charge in [-0.1, -0.05) is 60.6 Å². The van der Waals surface area contributed by atoms with Gasteiger partial charge in [-0.05, 0) is 67.8 Å². The number of benzene rings is 3. The average Bonchev–Trinajstić information content (AvgIpc) is 3.37. The maximum Gasteiger partial charge on any atom is 0.272 e. The first-order valence-electron chi connectivity index (χ1n) is 12.8. The van der Waals surface area contributed by atoms with Crippen molar-refractivity contribution in [2.24, 2.45) is 0 Å². The number of aryl methyl sites for hydroxylation is 2. The number of hydrogen-bond donors (Lipinski definition) is 3. The molecule has 0 aliphatic rings. The number of anilines is 2. The van der Waals surface area contributed by atoms with Crippen LogP contribution in [-0.4, -0.2) is 28.1 Å². The lowest BCUT2D eigenvalue weighted by Crippen LogP contribution is -2.30. The van der Waals surface area contributed by atoms with Gasteiger partial charge >= 0.3 is 0 Å². The Hall–Kier alpha value is -4.63. The summed E-state index contributed by atoms with van der Waals surface area (Å²) in [5, 5.41) is 11.9. The van der Waals surface area contributed by atoms with E-state index in [1.807, 2.05) is 50.2 Å². The summed E-state index contributed by atoms with van der Waals surface area (Å²) in [7, 11) is 0. The Balaban J connectivity index is 1.51. The summed E-state index contributed by atoms with van der Waals surface area (Å²) in [6.07, 6.45) is 2.24. The third-order valence-electron chi connectivity index (χ3n) is 5.93. The quantitative estimate of drug-likeness (QED) is 0.159. The third-order valence-corrected chi connectivity index (χ3v) is 7.29. The Bertz CT molecular complexity index is 1530. The Labute approximate surface area is 237 Å². The minimum atomic E-state index is -0.471. The van der Waals surface area contributed by atoms with Crippen LogP contribution in [0.2, 0.25) is 0 Å². The molecule has 0 spiro atoms. The van der Waals surface area contributed by atoms with Gasteiger partial charge in [0, 0.05) is 22.2 Å². The fraction of sp³-hybridized carbons (Fsp3) is 0.161. The number of rotatable bonds is 10. The van der Waals surface area contributed by atoms with Crippen molar-refractivity contribution in [3.8, 4) is 0 Å². The number of hydrogen-bond acceptors (Lipinski definition) is 6. The minimum absolute atomic E-state index is 0.106. The molecule has 3 N–H and O–H groups in total. The molecule has 3 amide bonds. The van der Waals surface area contributed by atoms with Crippen LogP contribution in [0, 0.1) is 13.8 Å². The number of carbonyl (C=O) groups excluding carboxylic acids is 3. The second-order valence-electron chi connectivity index (χ2n) is 9.04. The maximum absolute atomic E-state index is 13.4. The zero-order valence-electron chi connectivity index (χ0n) is 22.4. The molecule has 1 unspecified atom stereocenters. The van der Waals surface area contributed by atoms with Crippen molar-refractivity contribution in [1.82, 2.24) is 10.5 Å². The molecule has 1 atom stereocenters. The lowest BCUT2D eigenvalue weighted by molar-refractivity contribution is -0.116. The van der Waals surface area contributed by atoms with Crippen LogP contribution in [0.3, 0.4) is 0 Å². The number of carbonyl (C=O) groups is 3. The molecule has 1 aromatic heterocycles. The third kappa shape index (κ3) is 7.70. The van der Waals surface area contributed by atoms with Crippen LogP contribution in [-0.2, 0) is 9.59 Å². The topological polar surface area (TPSA) is 113 Å². The van der Waals surface area contributed by atoms with Crippen molar-refractivity contribution in [2.45, 2.75) is 37.3 Å². The van der Waals surface area contributed by atoms with E-state index in [0.717, 1.165) is 16.0 Å². The molecule has 0 saturated carbocycles. The van der Waals surface area contributed by atoms with Gasteiger partial charge in [-0.15, -0.1) is 11.8 Å². The zero-order valence-corrected chi connectivity index (χ0v) is 23.2. The molecule has 0 fully saturated rings. The molecule has 9 heteroatoms. The molecule has 0 radical (unpaired) electrons.